The molecule has 1 unspecified atom stereocenters. The van der Waals surface area contributed by atoms with Gasteiger partial charge in [-0.15, -0.1) is 5.43 Å². The molecule has 0 spiro atoms. The molecule has 0 aliphatic heterocycles. The van der Waals surface area contributed by atoms with Crippen molar-refractivity contribution < 1.29 is 9.83 Å². The number of Topliss-reactive ketones (excluding diaryl/α,β-unsaturated/α-hetero) is 1. The number of hydrogen-bond donors (Lipinski definition) is 2. The van der Waals surface area contributed by atoms with Gasteiger partial charge in [-0.2, -0.15) is 5.26 Å². The summed E-state index contributed by atoms with van der Waals surface area (Å²) < 4.78 is 0. The van der Waals surface area contributed by atoms with Gasteiger partial charge in [0.15, 0.2) is 10.8 Å². The molecule has 0 radical (unpaired) electrons. The smallest absolute Gasteiger partial charge is 0.174 e. The van der Waals surface area contributed by atoms with Gasteiger partial charge in [0.2, 0.25) is 0 Å². The topological polar surface area (TPSA) is 122 Å². The highest BCUT2D eigenvalue weighted by molar-refractivity contribution is 6.05. The molecule has 7 heteroatoms. The molecule has 116 valence electrons. The number of carbonyl (C=O) groups is 1. The number of nitro groups is 1. The van der Waals surface area contributed by atoms with Gasteiger partial charge in [0.05, 0.1) is 24.1 Å². The molecular formula is C16H14N4O3. The van der Waals surface area contributed by atoms with Gasteiger partial charge < -0.3 is 5.73 Å². The number of hydrogen-bond acceptors (Lipinski definition) is 5. The molecule has 0 bridgehead atoms. The molecule has 7 nitrogen and oxygen atoms in total. The lowest BCUT2D eigenvalue weighted by Gasteiger charge is -2.16. The summed E-state index contributed by atoms with van der Waals surface area (Å²) in [5, 5.41) is 18.7. The highest BCUT2D eigenvalue weighted by Crippen LogP contribution is 2.24. The van der Waals surface area contributed by atoms with Crippen molar-refractivity contribution in [1.29, 1.82) is 5.26 Å². The van der Waals surface area contributed by atoms with E-state index < -0.39 is 11.0 Å². The van der Waals surface area contributed by atoms with Crippen LogP contribution in [0.1, 0.15) is 27.4 Å². The first-order valence-corrected chi connectivity index (χ1v) is 6.79. The lowest BCUT2D eigenvalue weighted by atomic mass is 9.89. The number of nitrogens with zero attached hydrogens (tertiary/aromatic N) is 2. The number of anilines is 1. The number of para-hydroxylation sites is 1. The van der Waals surface area contributed by atoms with Gasteiger partial charge in [0.25, 0.3) is 0 Å². The van der Waals surface area contributed by atoms with Crippen LogP contribution in [0.2, 0.25) is 0 Å². The van der Waals surface area contributed by atoms with Gasteiger partial charge in [-0.1, -0.05) is 24.3 Å². The summed E-state index contributed by atoms with van der Waals surface area (Å²) in [6.45, 7) is -0.175. The molecule has 0 aliphatic carbocycles. The second kappa shape index (κ2) is 7.04. The number of hydrazine groups is 1. The van der Waals surface area contributed by atoms with Crippen LogP contribution in [0.4, 0.5) is 5.69 Å². The van der Waals surface area contributed by atoms with Crippen molar-refractivity contribution in [2.24, 2.45) is 0 Å². The minimum Gasteiger partial charge on any atom is -0.398 e. The van der Waals surface area contributed by atoms with E-state index in [1.54, 1.807) is 48.5 Å². The summed E-state index contributed by atoms with van der Waals surface area (Å²) in [5.74, 6) is -1.10. The van der Waals surface area contributed by atoms with Gasteiger partial charge in [-0.3, -0.25) is 4.79 Å². The van der Waals surface area contributed by atoms with Crippen molar-refractivity contribution in [1.82, 2.24) is 5.43 Å². The van der Waals surface area contributed by atoms with Crippen LogP contribution >= 0.6 is 0 Å². The molecule has 0 amide bonds. The van der Waals surface area contributed by atoms with Crippen LogP contribution in [-0.2, 0) is 0 Å². The van der Waals surface area contributed by atoms with E-state index in [9.17, 15) is 14.9 Å². The fourth-order valence-electron chi connectivity index (χ4n) is 2.23. The molecule has 0 heterocycles. The first-order chi connectivity index (χ1) is 11.0. The molecule has 2 aromatic carbocycles. The Bertz CT molecular complexity index is 766. The average molecular weight is 310 g/mol. The van der Waals surface area contributed by atoms with Crippen LogP contribution in [0.3, 0.4) is 0 Å². The molecule has 1 atom stereocenters. The van der Waals surface area contributed by atoms with E-state index in [2.05, 4.69) is 0 Å². The van der Waals surface area contributed by atoms with E-state index in [4.69, 9.17) is 11.0 Å². The van der Waals surface area contributed by atoms with Crippen LogP contribution in [0, 0.1) is 21.4 Å². The standard InChI is InChI=1S/C16H14N4O3/c17-9-11-5-7-12(8-6-11)14(10-19-20(22)23)16(21)13-3-1-2-4-15(13)18/h1-8,14,19H,10,18H2. The van der Waals surface area contributed by atoms with Crippen molar-refractivity contribution in [3.8, 4) is 6.07 Å². The van der Waals surface area contributed by atoms with Gasteiger partial charge in [-0.25, -0.2) is 10.1 Å². The number of rotatable bonds is 6. The minimum absolute atomic E-state index is 0.175. The molecule has 2 rings (SSSR count). The van der Waals surface area contributed by atoms with Crippen molar-refractivity contribution in [2.75, 3.05) is 12.3 Å². The van der Waals surface area contributed by atoms with Crippen molar-refractivity contribution in [2.45, 2.75) is 5.92 Å². The van der Waals surface area contributed by atoms with Gasteiger partial charge >= 0.3 is 0 Å². The van der Waals surface area contributed by atoms with Crippen LogP contribution < -0.4 is 11.2 Å². The number of nitrogen functional groups attached to an aromatic ring is 1. The number of nitrogens with one attached hydrogen (secondary N) is 1. The minimum atomic E-state index is -0.780. The molecule has 23 heavy (non-hydrogen) atoms. The van der Waals surface area contributed by atoms with Gasteiger partial charge in [0, 0.05) is 11.3 Å². The van der Waals surface area contributed by atoms with Crippen molar-refractivity contribution >= 4 is 11.5 Å². The Morgan fingerprint density at radius 3 is 2.48 bits per heavy atom. The number of ketones is 1. The SMILES string of the molecule is N#Cc1ccc(C(CN[N+](=O)[O-])C(=O)c2ccccc2N)cc1. The Morgan fingerprint density at radius 2 is 1.91 bits per heavy atom. The summed E-state index contributed by atoms with van der Waals surface area (Å²) in [7, 11) is 0. The van der Waals surface area contributed by atoms with Crippen molar-refractivity contribution in [3.05, 3.63) is 75.3 Å². The van der Waals surface area contributed by atoms with E-state index >= 15 is 0 Å². The third-order valence-electron chi connectivity index (χ3n) is 3.41. The molecular weight excluding hydrogens is 296 g/mol. The van der Waals surface area contributed by atoms with E-state index in [1.165, 1.54) is 0 Å². The van der Waals surface area contributed by atoms with Crippen LogP contribution in [0.5, 0.6) is 0 Å². The normalized spacial score (nSPS) is 11.3. The zero-order chi connectivity index (χ0) is 16.8. The second-order valence-electron chi connectivity index (χ2n) is 4.86. The molecule has 0 aliphatic rings. The summed E-state index contributed by atoms with van der Waals surface area (Å²) in [6, 6.07) is 14.9. The van der Waals surface area contributed by atoms with E-state index in [0.29, 0.717) is 22.4 Å². The number of nitrogens with two attached hydrogens (primary N) is 1. The molecule has 0 saturated heterocycles. The summed E-state index contributed by atoms with van der Waals surface area (Å²) in [4.78, 5) is 23.3. The first kappa shape index (κ1) is 16.0. The van der Waals surface area contributed by atoms with Gasteiger partial charge in [-0.05, 0) is 29.8 Å². The van der Waals surface area contributed by atoms with Crippen LogP contribution in [0.25, 0.3) is 0 Å². The number of nitriles is 1. The fourth-order valence-corrected chi connectivity index (χ4v) is 2.23. The van der Waals surface area contributed by atoms with E-state index in [-0.39, 0.29) is 12.3 Å². The highest BCUT2D eigenvalue weighted by Gasteiger charge is 2.25. The zero-order valence-electron chi connectivity index (χ0n) is 12.1. The lowest BCUT2D eigenvalue weighted by molar-refractivity contribution is -0.544. The highest BCUT2D eigenvalue weighted by atomic mass is 16.7. The predicted molar refractivity (Wildman–Crippen MR) is 84.1 cm³/mol. The summed E-state index contributed by atoms with van der Waals surface area (Å²) >= 11 is 0. The van der Waals surface area contributed by atoms with E-state index in [0.717, 1.165) is 0 Å². The lowest BCUT2D eigenvalue weighted by Crippen LogP contribution is -2.31. The Labute approximate surface area is 132 Å². The second-order valence-corrected chi connectivity index (χ2v) is 4.86. The Balaban J connectivity index is 2.37. The number of carbonyl (C=O) groups excluding carboxylic acids is 1. The van der Waals surface area contributed by atoms with Crippen LogP contribution in [-0.4, -0.2) is 17.4 Å². The fraction of sp³-hybridized carbons (Fsp3) is 0.125. The van der Waals surface area contributed by atoms with Crippen molar-refractivity contribution in [3.63, 3.8) is 0 Å². The maximum Gasteiger partial charge on any atom is 0.174 e. The largest absolute Gasteiger partial charge is 0.398 e. The summed E-state index contributed by atoms with van der Waals surface area (Å²) in [6.07, 6.45) is 0. The maximum absolute atomic E-state index is 12.7. The molecule has 3 N–H and O–H groups in total. The predicted octanol–water partition coefficient (Wildman–Crippen LogP) is 1.89. The maximum atomic E-state index is 12.7. The Morgan fingerprint density at radius 1 is 1.26 bits per heavy atom. The molecule has 0 aromatic heterocycles. The number of benzene rings is 2. The average Bonchev–Trinajstić information content (AvgIpc) is 2.55. The molecule has 0 saturated carbocycles. The zero-order valence-corrected chi connectivity index (χ0v) is 12.1. The Kier molecular flexibility index (Phi) is 4.89. The quantitative estimate of drug-likeness (QED) is 0.363. The molecule has 0 fully saturated rings. The molecule has 2 aromatic rings. The van der Waals surface area contributed by atoms with E-state index in [1.807, 2.05) is 11.5 Å². The third-order valence-corrected chi connectivity index (χ3v) is 3.41. The first-order valence-electron chi connectivity index (χ1n) is 6.79. The monoisotopic (exact) mass is 310 g/mol. The Hall–Kier alpha value is -3.40. The third kappa shape index (κ3) is 3.83. The van der Waals surface area contributed by atoms with Crippen LogP contribution in [0.15, 0.2) is 48.5 Å². The van der Waals surface area contributed by atoms with Gasteiger partial charge in [0.1, 0.15) is 0 Å². The summed E-state index contributed by atoms with van der Waals surface area (Å²) in [5.41, 5.74) is 9.51.